The Morgan fingerprint density at radius 2 is 1.67 bits per heavy atom. The minimum atomic E-state index is -0.211. The summed E-state index contributed by atoms with van der Waals surface area (Å²) in [4.78, 5) is 0. The van der Waals surface area contributed by atoms with Crippen molar-refractivity contribution in [3.63, 3.8) is 0 Å². The molecule has 0 aliphatic heterocycles. The van der Waals surface area contributed by atoms with Crippen LogP contribution in [0, 0.1) is 35.4 Å². The molecule has 0 amide bonds. The molecule has 1 unspecified atom stereocenters. The Bertz CT molecular complexity index is 494. The zero-order valence-corrected chi connectivity index (χ0v) is 13.6. The molecule has 0 N–H and O–H groups in total. The van der Waals surface area contributed by atoms with Crippen LogP contribution >= 0.6 is 23.2 Å². The van der Waals surface area contributed by atoms with Crippen LogP contribution in [0.4, 0.5) is 4.39 Å². The summed E-state index contributed by atoms with van der Waals surface area (Å²) in [5, 5.41) is 0.541. The molecular formula is C18H21Cl2F. The van der Waals surface area contributed by atoms with E-state index in [1.807, 2.05) is 0 Å². The Morgan fingerprint density at radius 1 is 1.05 bits per heavy atom. The Morgan fingerprint density at radius 3 is 2.24 bits per heavy atom. The first kappa shape index (κ1) is 14.3. The molecule has 21 heavy (non-hydrogen) atoms. The van der Waals surface area contributed by atoms with E-state index in [1.165, 1.54) is 38.2 Å². The summed E-state index contributed by atoms with van der Waals surface area (Å²) in [5.41, 5.74) is 0.605. The first-order valence-corrected chi connectivity index (χ1v) is 9.00. The summed E-state index contributed by atoms with van der Waals surface area (Å²) in [6, 6.07) is 4.91. The van der Waals surface area contributed by atoms with Crippen LogP contribution in [0.3, 0.4) is 0 Å². The van der Waals surface area contributed by atoms with Gasteiger partial charge in [-0.2, -0.15) is 0 Å². The number of benzene rings is 1. The van der Waals surface area contributed by atoms with E-state index in [4.69, 9.17) is 23.2 Å². The molecule has 1 aromatic carbocycles. The lowest BCUT2D eigenvalue weighted by Crippen LogP contribution is -2.48. The fourth-order valence-electron chi connectivity index (χ4n) is 5.62. The van der Waals surface area contributed by atoms with Crippen LogP contribution in [0.15, 0.2) is 18.2 Å². The summed E-state index contributed by atoms with van der Waals surface area (Å²) < 4.78 is 14.0. The number of hydrogen-bond acceptors (Lipinski definition) is 0. The third-order valence-electron chi connectivity index (χ3n) is 6.18. The molecule has 4 aliphatic rings. The van der Waals surface area contributed by atoms with Gasteiger partial charge in [0.2, 0.25) is 0 Å². The van der Waals surface area contributed by atoms with Gasteiger partial charge in [-0.1, -0.05) is 17.7 Å². The highest BCUT2D eigenvalue weighted by molar-refractivity contribution is 6.31. The quantitative estimate of drug-likeness (QED) is 0.625. The van der Waals surface area contributed by atoms with Crippen LogP contribution in [0.25, 0.3) is 0 Å². The van der Waals surface area contributed by atoms with Gasteiger partial charge in [0.25, 0.3) is 0 Å². The van der Waals surface area contributed by atoms with Gasteiger partial charge in [0, 0.05) is 16.0 Å². The van der Waals surface area contributed by atoms with E-state index < -0.39 is 0 Å². The van der Waals surface area contributed by atoms with Gasteiger partial charge in [-0.05, 0) is 80.2 Å². The second-order valence-corrected chi connectivity index (χ2v) is 8.40. The lowest BCUT2D eigenvalue weighted by atomic mass is 9.51. The Labute approximate surface area is 136 Å². The normalized spacial score (nSPS) is 38.7. The van der Waals surface area contributed by atoms with Gasteiger partial charge >= 0.3 is 0 Å². The number of hydrogen-bond donors (Lipinski definition) is 0. The topological polar surface area (TPSA) is 0 Å². The molecule has 0 radical (unpaired) electrons. The second-order valence-electron chi connectivity index (χ2n) is 7.43. The summed E-state index contributed by atoms with van der Waals surface area (Å²) in [6.07, 6.45) is 7.43. The molecular weight excluding hydrogens is 306 g/mol. The largest absolute Gasteiger partial charge is 0.207 e. The average Bonchev–Trinajstić information content (AvgIpc) is 2.42. The smallest absolute Gasteiger partial charge is 0.127 e. The van der Waals surface area contributed by atoms with E-state index in [-0.39, 0.29) is 11.2 Å². The zero-order valence-electron chi connectivity index (χ0n) is 12.1. The van der Waals surface area contributed by atoms with E-state index in [0.717, 1.165) is 23.7 Å². The molecule has 3 heteroatoms. The minimum absolute atomic E-state index is 0.0226. The van der Waals surface area contributed by atoms with E-state index >= 15 is 0 Å². The van der Waals surface area contributed by atoms with Crippen LogP contribution in [0.1, 0.15) is 37.7 Å². The van der Waals surface area contributed by atoms with Crippen LogP contribution in [0.5, 0.6) is 0 Å². The number of rotatable bonds is 3. The molecule has 1 atom stereocenters. The van der Waals surface area contributed by atoms with E-state index in [2.05, 4.69) is 0 Å². The molecule has 0 nitrogen and oxygen atoms in total. The Hall–Kier alpha value is -0.270. The first-order chi connectivity index (χ1) is 10.1. The van der Waals surface area contributed by atoms with Gasteiger partial charge < -0.3 is 0 Å². The fraction of sp³-hybridized carbons (Fsp3) is 0.667. The molecule has 4 fully saturated rings. The average molecular weight is 327 g/mol. The molecule has 4 aliphatic carbocycles. The highest BCUT2D eigenvalue weighted by atomic mass is 35.5. The van der Waals surface area contributed by atoms with Crippen molar-refractivity contribution in [3.8, 4) is 0 Å². The van der Waals surface area contributed by atoms with Crippen LogP contribution in [0.2, 0.25) is 5.02 Å². The summed E-state index contributed by atoms with van der Waals surface area (Å²) in [6.45, 7) is 0. The van der Waals surface area contributed by atoms with Crippen molar-refractivity contribution >= 4 is 23.2 Å². The van der Waals surface area contributed by atoms with Gasteiger partial charge in [0.05, 0.1) is 0 Å². The third kappa shape index (κ3) is 2.51. The lowest BCUT2D eigenvalue weighted by molar-refractivity contribution is -0.0377. The Kier molecular flexibility index (Phi) is 3.70. The maximum atomic E-state index is 14.0. The van der Waals surface area contributed by atoms with Crippen molar-refractivity contribution in [1.82, 2.24) is 0 Å². The number of alkyl halides is 1. The summed E-state index contributed by atoms with van der Waals surface area (Å²) >= 11 is 12.9. The highest BCUT2D eigenvalue weighted by Gasteiger charge is 2.50. The molecule has 4 saturated carbocycles. The standard InChI is InChI=1S/C18H21Cl2F/c19-15-2-1-3-17(21)14(15)9-16(20)18-12-5-10-4-11(7-12)8-13(18)6-10/h1-3,10-13,16,18H,4-9H2. The van der Waals surface area contributed by atoms with Crippen molar-refractivity contribution in [2.24, 2.45) is 29.6 Å². The van der Waals surface area contributed by atoms with Gasteiger partial charge in [-0.15, -0.1) is 11.6 Å². The van der Waals surface area contributed by atoms with E-state index in [1.54, 1.807) is 12.1 Å². The van der Waals surface area contributed by atoms with Crippen molar-refractivity contribution in [1.29, 1.82) is 0 Å². The monoisotopic (exact) mass is 326 g/mol. The minimum Gasteiger partial charge on any atom is -0.207 e. The van der Waals surface area contributed by atoms with Crippen molar-refractivity contribution in [2.75, 3.05) is 0 Å². The molecule has 4 bridgehead atoms. The highest BCUT2D eigenvalue weighted by Crippen LogP contribution is 2.58. The fourth-order valence-corrected chi connectivity index (χ4v) is 6.42. The molecule has 1 aromatic rings. The van der Waals surface area contributed by atoms with Crippen molar-refractivity contribution in [3.05, 3.63) is 34.6 Å². The second kappa shape index (κ2) is 5.42. The molecule has 0 aromatic heterocycles. The predicted octanol–water partition coefficient (Wildman–Crippen LogP) is 5.70. The third-order valence-corrected chi connectivity index (χ3v) is 6.98. The summed E-state index contributed by atoms with van der Waals surface area (Å²) in [5.74, 6) is 3.80. The molecule has 0 saturated heterocycles. The first-order valence-electron chi connectivity index (χ1n) is 8.18. The Balaban J connectivity index is 1.54. The van der Waals surface area contributed by atoms with Crippen molar-refractivity contribution < 1.29 is 4.39 Å². The van der Waals surface area contributed by atoms with Crippen molar-refractivity contribution in [2.45, 2.75) is 43.9 Å². The summed E-state index contributed by atoms with van der Waals surface area (Å²) in [7, 11) is 0. The van der Waals surface area contributed by atoms with Gasteiger partial charge in [0.15, 0.2) is 0 Å². The van der Waals surface area contributed by atoms with Crippen LogP contribution in [-0.4, -0.2) is 5.38 Å². The molecule has 0 heterocycles. The number of halogens is 3. The van der Waals surface area contributed by atoms with Gasteiger partial charge in [0.1, 0.15) is 5.82 Å². The molecule has 5 rings (SSSR count). The SMILES string of the molecule is Fc1cccc(Cl)c1CC(Cl)C1C2CC3CC(C2)CC1C3. The van der Waals surface area contributed by atoms with E-state index in [0.29, 0.717) is 22.9 Å². The molecule has 0 spiro atoms. The lowest BCUT2D eigenvalue weighted by Gasteiger charge is -2.55. The predicted molar refractivity (Wildman–Crippen MR) is 85.3 cm³/mol. The van der Waals surface area contributed by atoms with E-state index in [9.17, 15) is 4.39 Å². The zero-order chi connectivity index (χ0) is 14.6. The maximum absolute atomic E-state index is 14.0. The van der Waals surface area contributed by atoms with Gasteiger partial charge in [-0.3, -0.25) is 0 Å². The van der Waals surface area contributed by atoms with Gasteiger partial charge in [-0.25, -0.2) is 4.39 Å². The maximum Gasteiger partial charge on any atom is 0.127 e. The van der Waals surface area contributed by atoms with Crippen LogP contribution < -0.4 is 0 Å². The molecule has 114 valence electrons. The van der Waals surface area contributed by atoms with Crippen LogP contribution in [-0.2, 0) is 6.42 Å².